The Hall–Kier alpha value is -4.54. The first-order valence-electron chi connectivity index (χ1n) is 12.2. The second-order valence-electron chi connectivity index (χ2n) is 9.22. The third-order valence-corrected chi connectivity index (χ3v) is 6.42. The van der Waals surface area contributed by atoms with E-state index in [4.69, 9.17) is 18.7 Å². The third-order valence-electron chi connectivity index (χ3n) is 6.42. The van der Waals surface area contributed by atoms with Crippen LogP contribution in [-0.4, -0.2) is 66.7 Å². The zero-order valence-corrected chi connectivity index (χ0v) is 21.1. The molecule has 2 aromatic carbocycles. The number of nitrogens with one attached hydrogen (secondary N) is 2. The molecule has 2 N–H and O–H groups in total. The number of rotatable bonds is 3. The molecular weight excluding hydrogens is 492 g/mol. The molecule has 0 radical (unpaired) electrons. The number of carbonyl (C=O) groups excluding carboxylic acids is 3. The number of hydrogen-bond acceptors (Lipinski definition) is 8. The Balaban J connectivity index is 1.41. The third kappa shape index (κ3) is 5.72. The predicted molar refractivity (Wildman–Crippen MR) is 134 cm³/mol. The van der Waals surface area contributed by atoms with Gasteiger partial charge in [0.15, 0.2) is 18.1 Å². The maximum Gasteiger partial charge on any atom is 0.258 e. The number of hydrogen-bond donors (Lipinski definition) is 2. The molecule has 11 heteroatoms. The molecular formula is C27H28N4O7. The average Bonchev–Trinajstić information content (AvgIpc) is 3.51. The second kappa shape index (κ2) is 10.8. The number of ether oxygens (including phenoxy) is 3. The van der Waals surface area contributed by atoms with Gasteiger partial charge in [0.05, 0.1) is 31.8 Å². The Morgan fingerprint density at radius 1 is 1.13 bits per heavy atom. The fourth-order valence-electron chi connectivity index (χ4n) is 4.43. The summed E-state index contributed by atoms with van der Waals surface area (Å²) in [6.45, 7) is 2.41. The van der Waals surface area contributed by atoms with Crippen molar-refractivity contribution < 1.29 is 33.1 Å². The lowest BCUT2D eigenvalue weighted by atomic mass is 10.1. The molecule has 3 aliphatic rings. The molecule has 2 atom stereocenters. The smallest absolute Gasteiger partial charge is 0.258 e. The van der Waals surface area contributed by atoms with E-state index in [1.165, 1.54) is 13.2 Å². The van der Waals surface area contributed by atoms with Gasteiger partial charge in [0.1, 0.15) is 17.6 Å². The van der Waals surface area contributed by atoms with E-state index in [0.29, 0.717) is 35.1 Å². The van der Waals surface area contributed by atoms with Gasteiger partial charge in [-0.15, -0.1) is 0 Å². The van der Waals surface area contributed by atoms with Crippen LogP contribution >= 0.6 is 0 Å². The van der Waals surface area contributed by atoms with Gasteiger partial charge in [-0.1, -0.05) is 17.3 Å². The SMILES string of the molecule is COc1ccc2cc1OCC(=O)NCc1ccc(cc1)O[C@H]1CN(C(=O)Cc3cc(C)no3)C[C@@H]1NC2=O. The Kier molecular flexibility index (Phi) is 7.16. The normalized spacial score (nSPS) is 19.5. The summed E-state index contributed by atoms with van der Waals surface area (Å²) in [4.78, 5) is 40.2. The number of aryl methyl sites for hydroxylation is 1. The standard InChI is InChI=1S/C27H28N4O7/c1-16-9-20(38-30-16)11-26(33)31-13-21-24(14-31)37-19-6-3-17(4-7-19)12-28-25(32)15-36-23-10-18(27(34)29-21)5-8-22(23)35-2/h3-10,21,24H,11-15H2,1-2H3,(H,28,32)(H,29,34)/t21-,24-/m0/s1. The number of benzene rings is 2. The van der Waals surface area contributed by atoms with Crippen molar-refractivity contribution in [3.05, 3.63) is 71.1 Å². The van der Waals surface area contributed by atoms with E-state index in [0.717, 1.165) is 5.56 Å². The highest BCUT2D eigenvalue weighted by atomic mass is 16.5. The number of aromatic nitrogens is 1. The molecule has 38 heavy (non-hydrogen) atoms. The maximum absolute atomic E-state index is 13.3. The van der Waals surface area contributed by atoms with Gasteiger partial charge in [-0.05, 0) is 42.8 Å². The first kappa shape index (κ1) is 25.1. The van der Waals surface area contributed by atoms with Gasteiger partial charge in [-0.2, -0.15) is 0 Å². The summed E-state index contributed by atoms with van der Waals surface area (Å²) in [5.41, 5.74) is 1.89. The van der Waals surface area contributed by atoms with Crippen molar-refractivity contribution in [3.63, 3.8) is 0 Å². The zero-order valence-electron chi connectivity index (χ0n) is 21.1. The molecule has 0 saturated carbocycles. The van der Waals surface area contributed by atoms with E-state index < -0.39 is 12.1 Å². The minimum absolute atomic E-state index is 0.0633. The van der Waals surface area contributed by atoms with Crippen LogP contribution in [0.2, 0.25) is 0 Å². The zero-order chi connectivity index (χ0) is 26.6. The van der Waals surface area contributed by atoms with Crippen LogP contribution < -0.4 is 24.8 Å². The Morgan fingerprint density at radius 2 is 1.95 bits per heavy atom. The fraction of sp³-hybridized carbons (Fsp3) is 0.333. The average molecular weight is 521 g/mol. The Morgan fingerprint density at radius 3 is 2.68 bits per heavy atom. The summed E-state index contributed by atoms with van der Waals surface area (Å²) < 4.78 is 22.4. The van der Waals surface area contributed by atoms with E-state index in [9.17, 15) is 14.4 Å². The summed E-state index contributed by atoms with van der Waals surface area (Å²) in [7, 11) is 1.48. The Labute approximate surface area is 219 Å². The molecule has 198 valence electrons. The summed E-state index contributed by atoms with van der Waals surface area (Å²) in [6, 6.07) is 13.3. The molecule has 1 saturated heterocycles. The highest BCUT2D eigenvalue weighted by Crippen LogP contribution is 2.29. The van der Waals surface area contributed by atoms with E-state index >= 15 is 0 Å². The minimum atomic E-state index is -0.491. The van der Waals surface area contributed by atoms with Gasteiger partial charge in [0.2, 0.25) is 5.91 Å². The van der Waals surface area contributed by atoms with Crippen LogP contribution in [0.1, 0.15) is 27.4 Å². The number of amides is 3. The molecule has 4 bridgehead atoms. The van der Waals surface area contributed by atoms with Crippen LogP contribution in [0.15, 0.2) is 53.1 Å². The first-order chi connectivity index (χ1) is 18.4. The molecule has 11 nitrogen and oxygen atoms in total. The topological polar surface area (TPSA) is 132 Å². The summed E-state index contributed by atoms with van der Waals surface area (Å²) in [5.74, 6) is 0.883. The van der Waals surface area contributed by atoms with Crippen LogP contribution in [0.5, 0.6) is 17.2 Å². The number of methoxy groups -OCH3 is 1. The van der Waals surface area contributed by atoms with Gasteiger partial charge in [-0.3, -0.25) is 14.4 Å². The van der Waals surface area contributed by atoms with Gasteiger partial charge < -0.3 is 34.3 Å². The van der Waals surface area contributed by atoms with Crippen molar-refractivity contribution in [2.24, 2.45) is 0 Å². The largest absolute Gasteiger partial charge is 0.493 e. The van der Waals surface area contributed by atoms with Gasteiger partial charge in [0.25, 0.3) is 11.8 Å². The van der Waals surface area contributed by atoms with Crippen LogP contribution in [0, 0.1) is 6.92 Å². The van der Waals surface area contributed by atoms with Crippen molar-refractivity contribution in [1.29, 1.82) is 0 Å². The lowest BCUT2D eigenvalue weighted by Crippen LogP contribution is -2.45. The van der Waals surface area contributed by atoms with Crippen LogP contribution in [-0.2, 0) is 22.6 Å². The lowest BCUT2D eigenvalue weighted by Gasteiger charge is -2.21. The number of fused-ring (bicyclic) bond motifs is 7. The van der Waals surface area contributed by atoms with Crippen molar-refractivity contribution in [2.75, 3.05) is 26.8 Å². The molecule has 1 fully saturated rings. The fourth-order valence-corrected chi connectivity index (χ4v) is 4.43. The van der Waals surface area contributed by atoms with Crippen LogP contribution in [0.4, 0.5) is 0 Å². The minimum Gasteiger partial charge on any atom is -0.493 e. The number of carbonyl (C=O) groups is 3. The molecule has 0 aliphatic carbocycles. The van der Waals surface area contributed by atoms with Crippen molar-refractivity contribution >= 4 is 17.7 Å². The quantitative estimate of drug-likeness (QED) is 0.533. The summed E-state index contributed by atoms with van der Waals surface area (Å²) in [6.07, 6.45) is -0.428. The molecule has 3 aromatic rings. The number of nitrogens with zero attached hydrogens (tertiary/aromatic N) is 2. The first-order valence-corrected chi connectivity index (χ1v) is 12.2. The van der Waals surface area contributed by atoms with E-state index in [2.05, 4.69) is 15.8 Å². The molecule has 0 spiro atoms. The van der Waals surface area contributed by atoms with E-state index in [-0.39, 0.29) is 49.6 Å². The molecule has 3 amide bonds. The van der Waals surface area contributed by atoms with E-state index in [1.54, 1.807) is 42.2 Å². The van der Waals surface area contributed by atoms with Gasteiger partial charge >= 0.3 is 0 Å². The summed E-state index contributed by atoms with van der Waals surface area (Å²) in [5, 5.41) is 9.65. The molecule has 4 heterocycles. The molecule has 0 unspecified atom stereocenters. The highest BCUT2D eigenvalue weighted by Gasteiger charge is 2.38. The van der Waals surface area contributed by atoms with Crippen molar-refractivity contribution in [3.8, 4) is 17.2 Å². The van der Waals surface area contributed by atoms with Crippen LogP contribution in [0.25, 0.3) is 0 Å². The van der Waals surface area contributed by atoms with Crippen molar-refractivity contribution in [1.82, 2.24) is 20.7 Å². The predicted octanol–water partition coefficient (Wildman–Crippen LogP) is 1.63. The molecule has 1 aromatic heterocycles. The van der Waals surface area contributed by atoms with E-state index in [1.807, 2.05) is 12.1 Å². The highest BCUT2D eigenvalue weighted by molar-refractivity contribution is 5.95. The summed E-state index contributed by atoms with van der Waals surface area (Å²) >= 11 is 0. The lowest BCUT2D eigenvalue weighted by molar-refractivity contribution is -0.130. The second-order valence-corrected chi connectivity index (χ2v) is 9.22. The van der Waals surface area contributed by atoms with Crippen molar-refractivity contribution in [2.45, 2.75) is 32.0 Å². The number of likely N-dealkylation sites (tertiary alicyclic amines) is 1. The van der Waals surface area contributed by atoms with Gasteiger partial charge in [0, 0.05) is 24.7 Å². The van der Waals surface area contributed by atoms with Crippen LogP contribution in [0.3, 0.4) is 0 Å². The Bertz CT molecular complexity index is 1340. The van der Waals surface area contributed by atoms with Gasteiger partial charge in [-0.25, -0.2) is 0 Å². The molecule has 6 rings (SSSR count). The monoisotopic (exact) mass is 520 g/mol. The maximum atomic E-state index is 13.3. The molecule has 3 aliphatic heterocycles.